The molecule has 1 aliphatic heterocycles. The number of hydrogen-bond donors (Lipinski definition) is 2. The highest BCUT2D eigenvalue weighted by molar-refractivity contribution is 6.32. The summed E-state index contributed by atoms with van der Waals surface area (Å²) in [4.78, 5) is 23.3. The lowest BCUT2D eigenvalue weighted by molar-refractivity contribution is -0.157. The Morgan fingerprint density at radius 3 is 2.65 bits per heavy atom. The number of fused-ring (bicyclic) bond motifs is 1. The van der Waals surface area contributed by atoms with Gasteiger partial charge in [0.1, 0.15) is 13.2 Å². The summed E-state index contributed by atoms with van der Waals surface area (Å²) in [6, 6.07) is 3.49. The van der Waals surface area contributed by atoms with Gasteiger partial charge in [0.05, 0.1) is 10.4 Å². The van der Waals surface area contributed by atoms with Crippen LogP contribution in [0.5, 0.6) is 11.5 Å². The summed E-state index contributed by atoms with van der Waals surface area (Å²) in [7, 11) is 0. The van der Waals surface area contributed by atoms with Crippen LogP contribution in [0.25, 0.3) is 0 Å². The molecule has 0 atom stereocenters. The first-order valence-corrected chi connectivity index (χ1v) is 7.96. The summed E-state index contributed by atoms with van der Waals surface area (Å²) >= 11 is 6.15. The summed E-state index contributed by atoms with van der Waals surface area (Å²) in [5.74, 6) is -0.0688. The van der Waals surface area contributed by atoms with Gasteiger partial charge in [0.25, 0.3) is 0 Å². The molecular formula is C16H18ClNO5. The lowest BCUT2D eigenvalue weighted by Gasteiger charge is -2.36. The van der Waals surface area contributed by atoms with E-state index in [1.807, 2.05) is 0 Å². The molecule has 3 rings (SSSR count). The predicted molar refractivity (Wildman–Crippen MR) is 82.8 cm³/mol. The lowest BCUT2D eigenvalue weighted by Crippen LogP contribution is -2.42. The summed E-state index contributed by atoms with van der Waals surface area (Å²) in [6.45, 7) is 1.19. The average molecular weight is 340 g/mol. The first kappa shape index (κ1) is 15.9. The Labute approximate surface area is 138 Å². The molecule has 1 amide bonds. The van der Waals surface area contributed by atoms with E-state index < -0.39 is 11.4 Å². The third-order valence-electron chi connectivity index (χ3n) is 4.41. The Balaban J connectivity index is 1.61. The first-order valence-electron chi connectivity index (χ1n) is 7.58. The molecule has 1 aromatic carbocycles. The standard InChI is InChI=1S/C16H18ClNO5/c17-11-6-10(7-12-14(11)23-5-4-22-12)9-18-13(19)8-16(15(20)21)2-1-3-16/h6-7H,1-5,8-9H2,(H,18,19)(H,20,21). The highest BCUT2D eigenvalue weighted by Gasteiger charge is 2.45. The number of nitrogens with one attached hydrogen (secondary N) is 1. The fraction of sp³-hybridized carbons (Fsp3) is 0.500. The number of carboxylic acids is 1. The van der Waals surface area contributed by atoms with Gasteiger partial charge in [-0.25, -0.2) is 0 Å². The van der Waals surface area contributed by atoms with Gasteiger partial charge in [0, 0.05) is 13.0 Å². The maximum atomic E-state index is 12.0. The SMILES string of the molecule is O=C(CC1(C(=O)O)CCC1)NCc1cc(Cl)c2c(c1)OCCO2. The van der Waals surface area contributed by atoms with Crippen LogP contribution in [0.15, 0.2) is 12.1 Å². The van der Waals surface area contributed by atoms with Crippen LogP contribution in [0.3, 0.4) is 0 Å². The van der Waals surface area contributed by atoms with Crippen molar-refractivity contribution < 1.29 is 24.2 Å². The van der Waals surface area contributed by atoms with E-state index in [9.17, 15) is 14.7 Å². The number of amides is 1. The zero-order valence-electron chi connectivity index (χ0n) is 12.6. The molecule has 0 saturated heterocycles. The van der Waals surface area contributed by atoms with Crippen LogP contribution in [0.4, 0.5) is 0 Å². The molecule has 1 aromatic rings. The number of hydrogen-bond acceptors (Lipinski definition) is 4. The van der Waals surface area contributed by atoms with Gasteiger partial charge in [0.2, 0.25) is 5.91 Å². The van der Waals surface area contributed by atoms with Crippen LogP contribution in [0.2, 0.25) is 5.02 Å². The van der Waals surface area contributed by atoms with E-state index in [1.165, 1.54) is 0 Å². The minimum Gasteiger partial charge on any atom is -0.486 e. The highest BCUT2D eigenvalue weighted by Crippen LogP contribution is 2.44. The van der Waals surface area contributed by atoms with Crippen LogP contribution in [-0.4, -0.2) is 30.2 Å². The van der Waals surface area contributed by atoms with Crippen LogP contribution in [-0.2, 0) is 16.1 Å². The van der Waals surface area contributed by atoms with Gasteiger partial charge in [-0.15, -0.1) is 0 Å². The van der Waals surface area contributed by atoms with Gasteiger partial charge in [-0.05, 0) is 30.5 Å². The zero-order valence-corrected chi connectivity index (χ0v) is 13.3. The molecule has 0 spiro atoms. The Morgan fingerprint density at radius 2 is 2.00 bits per heavy atom. The normalized spacial score (nSPS) is 18.0. The van der Waals surface area contributed by atoms with Crippen molar-refractivity contribution in [2.45, 2.75) is 32.2 Å². The molecule has 1 saturated carbocycles. The van der Waals surface area contributed by atoms with Crippen molar-refractivity contribution in [1.29, 1.82) is 0 Å². The molecular weight excluding hydrogens is 322 g/mol. The number of carbonyl (C=O) groups is 2. The van der Waals surface area contributed by atoms with E-state index in [0.717, 1.165) is 12.0 Å². The Morgan fingerprint density at radius 1 is 1.26 bits per heavy atom. The minimum atomic E-state index is -0.888. The smallest absolute Gasteiger partial charge is 0.310 e. The van der Waals surface area contributed by atoms with Gasteiger partial charge < -0.3 is 19.9 Å². The second-order valence-corrected chi connectivity index (χ2v) is 6.40. The molecule has 0 radical (unpaired) electrons. The van der Waals surface area contributed by atoms with Gasteiger partial charge in [-0.2, -0.15) is 0 Å². The van der Waals surface area contributed by atoms with Crippen LogP contribution in [0, 0.1) is 5.41 Å². The molecule has 0 bridgehead atoms. The van der Waals surface area contributed by atoms with E-state index in [2.05, 4.69) is 5.32 Å². The molecule has 124 valence electrons. The van der Waals surface area contributed by atoms with Crippen molar-refractivity contribution >= 4 is 23.5 Å². The minimum absolute atomic E-state index is 0.0145. The molecule has 1 aliphatic carbocycles. The van der Waals surface area contributed by atoms with Crippen molar-refractivity contribution in [3.8, 4) is 11.5 Å². The van der Waals surface area contributed by atoms with Crippen LogP contribution >= 0.6 is 11.6 Å². The number of halogens is 1. The van der Waals surface area contributed by atoms with Crippen molar-refractivity contribution in [3.05, 3.63) is 22.7 Å². The summed E-state index contributed by atoms with van der Waals surface area (Å²) in [5, 5.41) is 12.5. The van der Waals surface area contributed by atoms with E-state index in [1.54, 1.807) is 12.1 Å². The second kappa shape index (κ2) is 6.28. The number of benzene rings is 1. The molecule has 7 heteroatoms. The van der Waals surface area contributed by atoms with Gasteiger partial charge in [-0.1, -0.05) is 18.0 Å². The number of carboxylic acid groups (broad SMARTS) is 1. The van der Waals surface area contributed by atoms with Crippen molar-refractivity contribution in [2.24, 2.45) is 5.41 Å². The van der Waals surface area contributed by atoms with Crippen molar-refractivity contribution in [3.63, 3.8) is 0 Å². The van der Waals surface area contributed by atoms with E-state index in [-0.39, 0.29) is 18.9 Å². The second-order valence-electron chi connectivity index (χ2n) is 5.99. The topological polar surface area (TPSA) is 84.9 Å². The van der Waals surface area contributed by atoms with E-state index in [0.29, 0.717) is 42.6 Å². The predicted octanol–water partition coefficient (Wildman–Crippen LogP) is 2.37. The summed E-state index contributed by atoms with van der Waals surface area (Å²) < 4.78 is 10.9. The molecule has 2 aliphatic rings. The quantitative estimate of drug-likeness (QED) is 0.860. The van der Waals surface area contributed by atoms with Gasteiger partial charge >= 0.3 is 5.97 Å². The average Bonchev–Trinajstić information content (AvgIpc) is 2.48. The third kappa shape index (κ3) is 3.22. The Hall–Kier alpha value is -1.95. The van der Waals surface area contributed by atoms with Gasteiger partial charge in [0.15, 0.2) is 11.5 Å². The highest BCUT2D eigenvalue weighted by atomic mass is 35.5. The van der Waals surface area contributed by atoms with Crippen molar-refractivity contribution in [2.75, 3.05) is 13.2 Å². The van der Waals surface area contributed by atoms with Gasteiger partial charge in [-0.3, -0.25) is 9.59 Å². The summed E-state index contributed by atoms with van der Waals surface area (Å²) in [5.41, 5.74) is -0.0975. The molecule has 1 heterocycles. The Kier molecular flexibility index (Phi) is 4.35. The molecule has 1 fully saturated rings. The van der Waals surface area contributed by atoms with Crippen LogP contribution in [0.1, 0.15) is 31.2 Å². The number of rotatable bonds is 5. The number of carbonyl (C=O) groups excluding carboxylic acids is 1. The molecule has 0 unspecified atom stereocenters. The summed E-state index contributed by atoms with van der Waals surface area (Å²) in [6.07, 6.45) is 2.00. The maximum absolute atomic E-state index is 12.0. The number of ether oxygens (including phenoxy) is 2. The van der Waals surface area contributed by atoms with Crippen molar-refractivity contribution in [1.82, 2.24) is 5.32 Å². The monoisotopic (exact) mass is 339 g/mol. The molecule has 23 heavy (non-hydrogen) atoms. The van der Waals surface area contributed by atoms with E-state index >= 15 is 0 Å². The molecule has 0 aromatic heterocycles. The largest absolute Gasteiger partial charge is 0.486 e. The zero-order chi connectivity index (χ0) is 16.4. The third-order valence-corrected chi connectivity index (χ3v) is 4.69. The lowest BCUT2D eigenvalue weighted by atomic mass is 9.66. The fourth-order valence-corrected chi connectivity index (χ4v) is 3.19. The maximum Gasteiger partial charge on any atom is 0.310 e. The molecule has 2 N–H and O–H groups in total. The molecule has 6 nitrogen and oxygen atoms in total. The first-order chi connectivity index (χ1) is 11.0. The number of aliphatic carboxylic acids is 1. The Bertz CT molecular complexity index is 642. The van der Waals surface area contributed by atoms with Crippen LogP contribution < -0.4 is 14.8 Å². The fourth-order valence-electron chi connectivity index (χ4n) is 2.91. The van der Waals surface area contributed by atoms with E-state index in [4.69, 9.17) is 21.1 Å².